The number of carbonyl (C=O) groups is 1. The lowest BCUT2D eigenvalue weighted by Crippen LogP contribution is -2.39. The van der Waals surface area contributed by atoms with Gasteiger partial charge in [-0.15, -0.1) is 0 Å². The number of thiazole rings is 1. The average molecular weight is 435 g/mol. The molecule has 0 amide bonds. The molecule has 1 aliphatic heterocycles. The maximum Gasteiger partial charge on any atom is 0.338 e. The van der Waals surface area contributed by atoms with Crippen LogP contribution in [0.4, 0.5) is 5.69 Å². The van der Waals surface area contributed by atoms with Crippen molar-refractivity contribution in [3.8, 4) is 0 Å². The minimum Gasteiger partial charge on any atom is -0.466 e. The van der Waals surface area contributed by atoms with Gasteiger partial charge in [-0.1, -0.05) is 41.7 Å². The van der Waals surface area contributed by atoms with Gasteiger partial charge in [0.25, 0.3) is 11.2 Å². The van der Waals surface area contributed by atoms with Crippen molar-refractivity contribution in [1.82, 2.24) is 4.57 Å². The molecule has 31 heavy (non-hydrogen) atoms. The number of nitro benzene ring substituents is 1. The largest absolute Gasteiger partial charge is 0.466 e. The fourth-order valence-electron chi connectivity index (χ4n) is 3.49. The van der Waals surface area contributed by atoms with Gasteiger partial charge in [-0.2, -0.15) is 0 Å². The van der Waals surface area contributed by atoms with Crippen molar-refractivity contribution in [2.24, 2.45) is 4.99 Å². The van der Waals surface area contributed by atoms with Crippen molar-refractivity contribution in [2.45, 2.75) is 13.0 Å². The van der Waals surface area contributed by atoms with Crippen molar-refractivity contribution in [2.75, 3.05) is 7.11 Å². The topological polar surface area (TPSA) is 104 Å². The highest BCUT2D eigenvalue weighted by molar-refractivity contribution is 7.07. The predicted octanol–water partition coefficient (Wildman–Crippen LogP) is 2.32. The summed E-state index contributed by atoms with van der Waals surface area (Å²) in [6, 6.07) is 14.5. The third-order valence-corrected chi connectivity index (χ3v) is 5.93. The zero-order chi connectivity index (χ0) is 22.1. The number of hydrogen-bond donors (Lipinski definition) is 0. The van der Waals surface area contributed by atoms with Gasteiger partial charge in [0.05, 0.1) is 33.9 Å². The Labute approximate surface area is 180 Å². The second kappa shape index (κ2) is 8.11. The molecule has 0 saturated heterocycles. The summed E-state index contributed by atoms with van der Waals surface area (Å²) < 4.78 is 6.87. The molecular formula is C22H17N3O5S. The maximum absolute atomic E-state index is 13.3. The van der Waals surface area contributed by atoms with Crippen LogP contribution in [-0.2, 0) is 9.53 Å². The fraction of sp³-hybridized carbons (Fsp3) is 0.136. The van der Waals surface area contributed by atoms with Crippen molar-refractivity contribution in [3.05, 3.63) is 107 Å². The minimum absolute atomic E-state index is 0.0268. The van der Waals surface area contributed by atoms with Crippen LogP contribution in [0, 0.1) is 10.1 Å². The number of esters is 1. The molecule has 0 fully saturated rings. The van der Waals surface area contributed by atoms with Gasteiger partial charge in [0, 0.05) is 12.1 Å². The van der Waals surface area contributed by atoms with Gasteiger partial charge >= 0.3 is 5.97 Å². The number of fused-ring (bicyclic) bond motifs is 1. The number of methoxy groups -OCH3 is 1. The molecule has 4 rings (SSSR count). The minimum atomic E-state index is -0.663. The number of hydrogen-bond acceptors (Lipinski definition) is 7. The molecule has 0 saturated carbocycles. The SMILES string of the molecule is COC(=O)C1=C(C)N=c2s/c(=C\c3ccc([N+](=O)[O-])cc3)c(=O)n2C1c1ccccc1. The summed E-state index contributed by atoms with van der Waals surface area (Å²) in [5.41, 5.74) is 1.88. The molecule has 9 heteroatoms. The maximum atomic E-state index is 13.3. The van der Waals surface area contributed by atoms with E-state index in [-0.39, 0.29) is 11.2 Å². The number of benzene rings is 2. The number of allylic oxidation sites excluding steroid dienone is 1. The van der Waals surface area contributed by atoms with E-state index in [1.54, 1.807) is 25.1 Å². The molecule has 0 N–H and O–H groups in total. The summed E-state index contributed by atoms with van der Waals surface area (Å²) in [4.78, 5) is 41.2. The average Bonchev–Trinajstić information content (AvgIpc) is 3.07. The van der Waals surface area contributed by atoms with Gasteiger partial charge in [0.1, 0.15) is 0 Å². The molecule has 8 nitrogen and oxygen atoms in total. The van der Waals surface area contributed by atoms with Crippen LogP contribution in [-0.4, -0.2) is 22.6 Å². The number of non-ortho nitro benzene ring substituents is 1. The van der Waals surface area contributed by atoms with Gasteiger partial charge < -0.3 is 4.74 Å². The Balaban J connectivity index is 1.92. The lowest BCUT2D eigenvalue weighted by molar-refractivity contribution is -0.384. The van der Waals surface area contributed by atoms with Crippen LogP contribution in [0.2, 0.25) is 0 Å². The zero-order valence-corrected chi connectivity index (χ0v) is 17.5. The Morgan fingerprint density at radius 1 is 1.19 bits per heavy atom. The van der Waals surface area contributed by atoms with Crippen molar-refractivity contribution >= 4 is 29.1 Å². The molecule has 156 valence electrons. The standard InChI is InChI=1S/C22H17N3O5S/c1-13-18(21(27)30-2)19(15-6-4-3-5-7-15)24-20(26)17(31-22(24)23-13)12-14-8-10-16(11-9-14)25(28)29/h3-12,19H,1-2H3/b17-12-. The number of rotatable bonds is 4. The van der Waals surface area contributed by atoms with Crippen molar-refractivity contribution < 1.29 is 14.5 Å². The molecule has 1 aliphatic rings. The summed E-state index contributed by atoms with van der Waals surface area (Å²) in [7, 11) is 1.30. The quantitative estimate of drug-likeness (QED) is 0.355. The lowest BCUT2D eigenvalue weighted by Gasteiger charge is -2.24. The van der Waals surface area contributed by atoms with Gasteiger partial charge in [0.2, 0.25) is 0 Å². The van der Waals surface area contributed by atoms with E-state index in [2.05, 4.69) is 4.99 Å². The molecular weight excluding hydrogens is 418 g/mol. The van der Waals surface area contributed by atoms with E-state index in [1.807, 2.05) is 30.3 Å². The van der Waals surface area contributed by atoms with Gasteiger partial charge in [-0.25, -0.2) is 9.79 Å². The Morgan fingerprint density at radius 2 is 1.87 bits per heavy atom. The molecule has 1 aromatic heterocycles. The van der Waals surface area contributed by atoms with Gasteiger partial charge in [0.15, 0.2) is 4.80 Å². The van der Waals surface area contributed by atoms with Gasteiger partial charge in [-0.3, -0.25) is 19.5 Å². The smallest absolute Gasteiger partial charge is 0.338 e. The molecule has 0 aliphatic carbocycles. The van der Waals surface area contributed by atoms with Crippen LogP contribution < -0.4 is 14.9 Å². The van der Waals surface area contributed by atoms with E-state index in [4.69, 9.17) is 4.74 Å². The number of carbonyl (C=O) groups excluding carboxylic acids is 1. The second-order valence-corrected chi connectivity index (χ2v) is 7.84. The Kier molecular flexibility index (Phi) is 5.35. The number of nitrogens with zero attached hydrogens (tertiary/aromatic N) is 3. The van der Waals surface area contributed by atoms with E-state index < -0.39 is 16.9 Å². The number of nitro groups is 1. The summed E-state index contributed by atoms with van der Waals surface area (Å²) in [6.45, 7) is 1.72. The van der Waals surface area contributed by atoms with E-state index in [0.29, 0.717) is 26.2 Å². The summed E-state index contributed by atoms with van der Waals surface area (Å²) in [5.74, 6) is -0.542. The van der Waals surface area contributed by atoms with Crippen LogP contribution in [0.25, 0.3) is 6.08 Å². The summed E-state index contributed by atoms with van der Waals surface area (Å²) >= 11 is 1.20. The van der Waals surface area contributed by atoms with Crippen LogP contribution in [0.1, 0.15) is 24.1 Å². The van der Waals surface area contributed by atoms with E-state index in [1.165, 1.54) is 35.1 Å². The monoisotopic (exact) mass is 435 g/mol. The van der Waals surface area contributed by atoms with Crippen LogP contribution in [0.3, 0.4) is 0 Å². The molecule has 1 atom stereocenters. The van der Waals surface area contributed by atoms with Crippen LogP contribution in [0.15, 0.2) is 75.7 Å². The van der Waals surface area contributed by atoms with Crippen LogP contribution >= 0.6 is 11.3 Å². The lowest BCUT2D eigenvalue weighted by atomic mass is 9.96. The van der Waals surface area contributed by atoms with E-state index in [0.717, 1.165) is 5.56 Å². The number of aromatic nitrogens is 1. The fourth-order valence-corrected chi connectivity index (χ4v) is 4.53. The Morgan fingerprint density at radius 3 is 2.48 bits per heavy atom. The molecule has 0 radical (unpaired) electrons. The summed E-state index contributed by atoms with van der Waals surface area (Å²) in [5, 5.41) is 10.9. The highest BCUT2D eigenvalue weighted by atomic mass is 32.1. The predicted molar refractivity (Wildman–Crippen MR) is 115 cm³/mol. The summed E-state index contributed by atoms with van der Waals surface area (Å²) in [6.07, 6.45) is 1.66. The molecule has 0 bridgehead atoms. The Hall–Kier alpha value is -3.85. The van der Waals surface area contributed by atoms with E-state index in [9.17, 15) is 19.7 Å². The molecule has 3 aromatic rings. The normalized spacial score (nSPS) is 15.9. The Bertz CT molecular complexity index is 1390. The molecule has 1 unspecified atom stereocenters. The highest BCUT2D eigenvalue weighted by Gasteiger charge is 2.32. The third kappa shape index (κ3) is 3.71. The number of ether oxygens (including phenoxy) is 1. The first kappa shape index (κ1) is 20.4. The van der Waals surface area contributed by atoms with Crippen molar-refractivity contribution in [1.29, 1.82) is 0 Å². The third-order valence-electron chi connectivity index (χ3n) is 4.94. The first-order chi connectivity index (χ1) is 14.9. The van der Waals surface area contributed by atoms with Crippen molar-refractivity contribution in [3.63, 3.8) is 0 Å². The van der Waals surface area contributed by atoms with Gasteiger partial charge in [-0.05, 0) is 36.3 Å². The molecule has 2 aromatic carbocycles. The van der Waals surface area contributed by atoms with E-state index >= 15 is 0 Å². The first-order valence-corrected chi connectivity index (χ1v) is 10.1. The molecule has 2 heterocycles. The zero-order valence-electron chi connectivity index (χ0n) is 16.6. The molecule has 0 spiro atoms. The first-order valence-electron chi connectivity index (χ1n) is 9.31. The highest BCUT2D eigenvalue weighted by Crippen LogP contribution is 2.30. The van der Waals surface area contributed by atoms with Crippen LogP contribution in [0.5, 0.6) is 0 Å². The second-order valence-electron chi connectivity index (χ2n) is 6.83.